The molecule has 0 radical (unpaired) electrons. The first-order valence-electron chi connectivity index (χ1n) is 10.3. The number of benzene rings is 1. The van der Waals surface area contributed by atoms with Crippen molar-refractivity contribution in [3.8, 4) is 22.6 Å². The van der Waals surface area contributed by atoms with E-state index in [-0.39, 0.29) is 0 Å². The van der Waals surface area contributed by atoms with Crippen LogP contribution in [-0.2, 0) is 6.42 Å². The molecule has 4 rings (SSSR count). The fourth-order valence-electron chi connectivity index (χ4n) is 3.51. The van der Waals surface area contributed by atoms with Gasteiger partial charge in [0.2, 0.25) is 0 Å². The molecule has 0 atom stereocenters. The molecule has 6 heteroatoms. The third-order valence-electron chi connectivity index (χ3n) is 4.79. The van der Waals surface area contributed by atoms with Gasteiger partial charge in [-0.3, -0.25) is 0 Å². The van der Waals surface area contributed by atoms with Crippen LogP contribution in [0.2, 0.25) is 0 Å². The third-order valence-corrected chi connectivity index (χ3v) is 4.79. The fraction of sp³-hybridized carbons (Fsp3) is 0.292. The first-order valence-corrected chi connectivity index (χ1v) is 10.3. The van der Waals surface area contributed by atoms with E-state index in [1.807, 2.05) is 73.4 Å². The molecule has 0 saturated heterocycles. The molecule has 3 aromatic heterocycles. The van der Waals surface area contributed by atoms with Gasteiger partial charge in [0, 0.05) is 35.4 Å². The number of aryl methyl sites for hydroxylation is 3. The zero-order chi connectivity index (χ0) is 21.7. The minimum Gasteiger partial charge on any atom is -0.496 e. The average molecular weight is 404 g/mol. The Labute approximate surface area is 177 Å². The van der Waals surface area contributed by atoms with E-state index in [0.29, 0.717) is 0 Å². The van der Waals surface area contributed by atoms with Crippen molar-refractivity contribution in [3.63, 3.8) is 0 Å². The van der Waals surface area contributed by atoms with Gasteiger partial charge in [0.05, 0.1) is 24.1 Å². The van der Waals surface area contributed by atoms with Gasteiger partial charge >= 0.3 is 0 Å². The van der Waals surface area contributed by atoms with Gasteiger partial charge in [0.25, 0.3) is 0 Å². The highest BCUT2D eigenvalue weighted by Crippen LogP contribution is 2.36. The predicted molar refractivity (Wildman–Crippen MR) is 121 cm³/mol. The highest BCUT2D eigenvalue weighted by atomic mass is 16.5. The second-order valence-corrected chi connectivity index (χ2v) is 6.75. The molecule has 0 saturated carbocycles. The van der Waals surface area contributed by atoms with E-state index in [2.05, 4.69) is 17.7 Å². The summed E-state index contributed by atoms with van der Waals surface area (Å²) in [6.45, 7) is 11.9. The Morgan fingerprint density at radius 1 is 1.17 bits per heavy atom. The van der Waals surface area contributed by atoms with Crippen LogP contribution in [-0.4, -0.2) is 31.5 Å². The number of fused-ring (bicyclic) bond motifs is 1. The fourth-order valence-corrected chi connectivity index (χ4v) is 3.51. The Morgan fingerprint density at radius 3 is 2.63 bits per heavy atom. The molecule has 0 unspecified atom stereocenters. The number of rotatable bonds is 6. The molecule has 0 amide bonds. The number of hydrogen-bond acceptors (Lipinski definition) is 4. The Kier molecular flexibility index (Phi) is 6.67. The van der Waals surface area contributed by atoms with Crippen molar-refractivity contribution in [2.75, 3.05) is 7.11 Å². The SMILES string of the molecule is C=CCCc1cc(C)nc2c(-c3ccc(-n4cccn4)cc3OC)c(C)nn12.CC. The van der Waals surface area contributed by atoms with Crippen LogP contribution in [0.3, 0.4) is 0 Å². The summed E-state index contributed by atoms with van der Waals surface area (Å²) in [4.78, 5) is 4.79. The van der Waals surface area contributed by atoms with Crippen molar-refractivity contribution < 1.29 is 4.74 Å². The molecule has 3 heterocycles. The molecule has 4 aromatic rings. The van der Waals surface area contributed by atoms with E-state index in [4.69, 9.17) is 14.8 Å². The monoisotopic (exact) mass is 403 g/mol. The van der Waals surface area contributed by atoms with E-state index in [1.165, 1.54) is 0 Å². The van der Waals surface area contributed by atoms with E-state index in [0.717, 1.165) is 58.1 Å². The Bertz CT molecular complexity index is 1140. The average Bonchev–Trinajstić information content (AvgIpc) is 3.41. The number of nitrogens with zero attached hydrogens (tertiary/aromatic N) is 5. The predicted octanol–water partition coefficient (Wildman–Crippen LogP) is 5.35. The zero-order valence-electron chi connectivity index (χ0n) is 18.4. The lowest BCUT2D eigenvalue weighted by Crippen LogP contribution is -2.02. The van der Waals surface area contributed by atoms with Gasteiger partial charge in [-0.2, -0.15) is 10.2 Å². The lowest BCUT2D eigenvalue weighted by Gasteiger charge is -2.11. The van der Waals surface area contributed by atoms with Gasteiger partial charge in [0.1, 0.15) is 5.75 Å². The lowest BCUT2D eigenvalue weighted by molar-refractivity contribution is 0.416. The van der Waals surface area contributed by atoms with E-state index >= 15 is 0 Å². The van der Waals surface area contributed by atoms with Crippen LogP contribution in [0, 0.1) is 13.8 Å². The third kappa shape index (κ3) is 3.99. The first kappa shape index (κ1) is 21.3. The summed E-state index contributed by atoms with van der Waals surface area (Å²) in [5.74, 6) is 0.766. The van der Waals surface area contributed by atoms with Crippen LogP contribution < -0.4 is 4.74 Å². The van der Waals surface area contributed by atoms with Crippen molar-refractivity contribution in [2.45, 2.75) is 40.5 Å². The van der Waals surface area contributed by atoms with Gasteiger partial charge in [-0.15, -0.1) is 6.58 Å². The van der Waals surface area contributed by atoms with Gasteiger partial charge in [0.15, 0.2) is 5.65 Å². The maximum atomic E-state index is 5.72. The number of aromatic nitrogens is 5. The first-order chi connectivity index (χ1) is 14.6. The van der Waals surface area contributed by atoms with Gasteiger partial charge in [-0.25, -0.2) is 14.2 Å². The molecule has 0 fully saturated rings. The molecular weight excluding hydrogens is 374 g/mol. The molecule has 30 heavy (non-hydrogen) atoms. The molecule has 0 aliphatic heterocycles. The maximum absolute atomic E-state index is 5.72. The molecule has 6 nitrogen and oxygen atoms in total. The Hall–Kier alpha value is -3.41. The Morgan fingerprint density at radius 2 is 1.97 bits per heavy atom. The summed E-state index contributed by atoms with van der Waals surface area (Å²) in [6.07, 6.45) is 7.36. The van der Waals surface area contributed by atoms with Crippen molar-refractivity contribution in [2.24, 2.45) is 0 Å². The largest absolute Gasteiger partial charge is 0.496 e. The lowest BCUT2D eigenvalue weighted by atomic mass is 10.0. The van der Waals surface area contributed by atoms with Crippen molar-refractivity contribution >= 4 is 5.65 Å². The number of hydrogen-bond donors (Lipinski definition) is 0. The van der Waals surface area contributed by atoms with Crippen molar-refractivity contribution in [3.05, 3.63) is 72.5 Å². The normalized spacial score (nSPS) is 10.6. The molecule has 0 N–H and O–H groups in total. The van der Waals surface area contributed by atoms with Gasteiger partial charge < -0.3 is 4.74 Å². The number of ether oxygens (including phenoxy) is 1. The van der Waals surface area contributed by atoms with Crippen LogP contribution in [0.25, 0.3) is 22.5 Å². The zero-order valence-corrected chi connectivity index (χ0v) is 18.4. The van der Waals surface area contributed by atoms with E-state index < -0.39 is 0 Å². The molecule has 156 valence electrons. The van der Waals surface area contributed by atoms with Crippen LogP contribution in [0.5, 0.6) is 5.75 Å². The molecule has 0 aliphatic carbocycles. The summed E-state index contributed by atoms with van der Waals surface area (Å²) in [5.41, 5.74) is 6.77. The molecule has 0 spiro atoms. The van der Waals surface area contributed by atoms with Crippen molar-refractivity contribution in [1.82, 2.24) is 24.4 Å². The standard InChI is InChI=1S/C22H23N5O.C2H6/c1-5-6-8-18-13-15(2)24-22-21(16(3)25-27(18)22)19-10-9-17(14-20(19)28-4)26-12-7-11-23-26;1-2/h5,7,9-14H,1,6,8H2,2-4H3;1-2H3. The van der Waals surface area contributed by atoms with E-state index in [9.17, 15) is 0 Å². The minimum atomic E-state index is 0.766. The molecule has 0 aliphatic rings. The smallest absolute Gasteiger partial charge is 0.163 e. The Balaban J connectivity index is 0.00000124. The summed E-state index contributed by atoms with van der Waals surface area (Å²) in [7, 11) is 1.68. The van der Waals surface area contributed by atoms with Crippen LogP contribution in [0.1, 0.15) is 37.4 Å². The van der Waals surface area contributed by atoms with Crippen molar-refractivity contribution in [1.29, 1.82) is 0 Å². The summed E-state index contributed by atoms with van der Waals surface area (Å²) in [5, 5.41) is 9.08. The van der Waals surface area contributed by atoms with Gasteiger partial charge in [-0.05, 0) is 51.0 Å². The topological polar surface area (TPSA) is 57.2 Å². The van der Waals surface area contributed by atoms with Crippen LogP contribution in [0.4, 0.5) is 0 Å². The molecule has 1 aromatic carbocycles. The maximum Gasteiger partial charge on any atom is 0.163 e. The summed E-state index contributed by atoms with van der Waals surface area (Å²) >= 11 is 0. The van der Waals surface area contributed by atoms with Crippen LogP contribution >= 0.6 is 0 Å². The van der Waals surface area contributed by atoms with Crippen LogP contribution in [0.15, 0.2) is 55.4 Å². The van der Waals surface area contributed by atoms with E-state index in [1.54, 1.807) is 13.3 Å². The number of allylic oxidation sites excluding steroid dienone is 1. The van der Waals surface area contributed by atoms with Gasteiger partial charge in [-0.1, -0.05) is 19.9 Å². The number of methoxy groups -OCH3 is 1. The second kappa shape index (κ2) is 9.39. The molecular formula is C24H29N5O. The molecule has 0 bridgehead atoms. The second-order valence-electron chi connectivity index (χ2n) is 6.75. The highest BCUT2D eigenvalue weighted by Gasteiger charge is 2.19. The highest BCUT2D eigenvalue weighted by molar-refractivity contribution is 5.84. The summed E-state index contributed by atoms with van der Waals surface area (Å²) in [6, 6.07) is 10.0. The summed E-state index contributed by atoms with van der Waals surface area (Å²) < 4.78 is 9.47. The quantitative estimate of drug-likeness (QED) is 0.407. The minimum absolute atomic E-state index is 0.766.